The van der Waals surface area contributed by atoms with Gasteiger partial charge >= 0.3 is 0 Å². The quantitative estimate of drug-likeness (QED) is 0.796. The molecule has 0 aliphatic rings. The predicted molar refractivity (Wildman–Crippen MR) is 70.5 cm³/mol. The van der Waals surface area contributed by atoms with Crippen LogP contribution in [-0.4, -0.2) is 9.78 Å². The van der Waals surface area contributed by atoms with Gasteiger partial charge in [0.1, 0.15) is 0 Å². The highest BCUT2D eigenvalue weighted by atomic mass is 79.9. The highest BCUT2D eigenvalue weighted by molar-refractivity contribution is 9.10. The van der Waals surface area contributed by atoms with Crippen molar-refractivity contribution in [3.63, 3.8) is 0 Å². The van der Waals surface area contributed by atoms with Crippen molar-refractivity contribution in [1.29, 1.82) is 0 Å². The van der Waals surface area contributed by atoms with Crippen LogP contribution < -0.4 is 0 Å². The molecule has 15 heavy (non-hydrogen) atoms. The molecule has 0 atom stereocenters. The molecular weight excluding hydrogens is 340 g/mol. The average Bonchev–Trinajstić information content (AvgIpc) is 2.68. The van der Waals surface area contributed by atoms with Crippen LogP contribution in [0, 0.1) is 13.8 Å². The Kier molecular flexibility index (Phi) is 3.33. The first kappa shape index (κ1) is 11.4. The second-order valence-electron chi connectivity index (χ2n) is 3.37. The molecular formula is C10H10Br2N2S. The van der Waals surface area contributed by atoms with Gasteiger partial charge in [-0.05, 0) is 51.8 Å². The molecule has 2 rings (SSSR count). The second kappa shape index (κ2) is 4.39. The summed E-state index contributed by atoms with van der Waals surface area (Å²) in [5.74, 6) is 0. The molecule has 5 heteroatoms. The number of aromatic nitrogens is 2. The van der Waals surface area contributed by atoms with Crippen LogP contribution in [0.1, 0.15) is 16.3 Å². The minimum absolute atomic E-state index is 0.842. The molecule has 0 saturated carbocycles. The lowest BCUT2D eigenvalue weighted by molar-refractivity contribution is 0.665. The van der Waals surface area contributed by atoms with E-state index in [2.05, 4.69) is 55.3 Å². The van der Waals surface area contributed by atoms with Crippen LogP contribution in [0.15, 0.2) is 20.4 Å². The van der Waals surface area contributed by atoms with Crippen LogP contribution in [0.2, 0.25) is 0 Å². The van der Waals surface area contributed by atoms with E-state index in [4.69, 9.17) is 0 Å². The maximum Gasteiger partial charge on any atom is 0.0756 e. The van der Waals surface area contributed by atoms with Gasteiger partial charge in [0, 0.05) is 14.7 Å². The van der Waals surface area contributed by atoms with Gasteiger partial charge in [0.15, 0.2) is 0 Å². The largest absolute Gasteiger partial charge is 0.263 e. The van der Waals surface area contributed by atoms with E-state index in [9.17, 15) is 0 Å². The monoisotopic (exact) mass is 348 g/mol. The maximum atomic E-state index is 4.48. The van der Waals surface area contributed by atoms with Gasteiger partial charge in [-0.15, -0.1) is 11.3 Å². The molecule has 2 nitrogen and oxygen atoms in total. The van der Waals surface area contributed by atoms with Gasteiger partial charge in [-0.25, -0.2) is 0 Å². The fourth-order valence-electron chi connectivity index (χ4n) is 1.41. The molecule has 0 fully saturated rings. The van der Waals surface area contributed by atoms with Crippen molar-refractivity contribution in [1.82, 2.24) is 9.78 Å². The van der Waals surface area contributed by atoms with E-state index in [1.54, 1.807) is 11.3 Å². The highest BCUT2D eigenvalue weighted by Gasteiger charge is 2.09. The normalized spacial score (nSPS) is 10.9. The number of hydrogen-bond donors (Lipinski definition) is 0. The molecule has 0 aliphatic heterocycles. The predicted octanol–water partition coefficient (Wildman–Crippen LogP) is 4.13. The van der Waals surface area contributed by atoms with E-state index < -0.39 is 0 Å². The molecule has 2 aromatic rings. The van der Waals surface area contributed by atoms with Crippen molar-refractivity contribution < 1.29 is 0 Å². The van der Waals surface area contributed by atoms with Gasteiger partial charge < -0.3 is 0 Å². The van der Waals surface area contributed by atoms with Gasteiger partial charge in [0.05, 0.1) is 22.4 Å². The topological polar surface area (TPSA) is 17.8 Å². The molecule has 0 spiro atoms. The van der Waals surface area contributed by atoms with Gasteiger partial charge in [-0.2, -0.15) is 5.10 Å². The lowest BCUT2D eigenvalue weighted by Gasteiger charge is -2.01. The van der Waals surface area contributed by atoms with Gasteiger partial charge in [-0.1, -0.05) is 0 Å². The van der Waals surface area contributed by atoms with E-state index in [-0.39, 0.29) is 0 Å². The third kappa shape index (κ3) is 2.34. The molecule has 0 unspecified atom stereocenters. The van der Waals surface area contributed by atoms with Crippen LogP contribution in [-0.2, 0) is 6.54 Å². The highest BCUT2D eigenvalue weighted by Crippen LogP contribution is 2.24. The van der Waals surface area contributed by atoms with E-state index in [1.165, 1.54) is 10.6 Å². The van der Waals surface area contributed by atoms with Crippen molar-refractivity contribution in [2.75, 3.05) is 0 Å². The molecule has 0 saturated heterocycles. The Morgan fingerprint density at radius 1 is 1.40 bits per heavy atom. The Bertz CT molecular complexity index is 488. The Labute approximate surface area is 110 Å². The summed E-state index contributed by atoms with van der Waals surface area (Å²) in [5, 5.41) is 6.57. The molecule has 80 valence electrons. The van der Waals surface area contributed by atoms with Gasteiger partial charge in [0.2, 0.25) is 0 Å². The number of nitrogens with zero attached hydrogens (tertiary/aromatic N) is 2. The van der Waals surface area contributed by atoms with Crippen molar-refractivity contribution >= 4 is 43.2 Å². The van der Waals surface area contributed by atoms with E-state index in [1.807, 2.05) is 11.6 Å². The standard InChI is InChI=1S/C10H10Br2N2S/c1-6-10(12)7(2)14(13-6)4-9-3-8(11)5-15-9/h3,5H,4H2,1-2H3. The zero-order valence-electron chi connectivity index (χ0n) is 8.42. The van der Waals surface area contributed by atoms with Crippen LogP contribution in [0.25, 0.3) is 0 Å². The van der Waals surface area contributed by atoms with Crippen molar-refractivity contribution in [3.8, 4) is 0 Å². The Balaban J connectivity index is 2.28. The summed E-state index contributed by atoms with van der Waals surface area (Å²) >= 11 is 8.73. The summed E-state index contributed by atoms with van der Waals surface area (Å²) in [4.78, 5) is 1.31. The van der Waals surface area contributed by atoms with E-state index in [0.29, 0.717) is 0 Å². The van der Waals surface area contributed by atoms with E-state index in [0.717, 1.165) is 21.2 Å². The maximum absolute atomic E-state index is 4.48. The van der Waals surface area contributed by atoms with Crippen LogP contribution in [0.3, 0.4) is 0 Å². The molecule has 0 bridgehead atoms. The minimum atomic E-state index is 0.842. The number of hydrogen-bond acceptors (Lipinski definition) is 2. The summed E-state index contributed by atoms with van der Waals surface area (Å²) in [6.07, 6.45) is 0. The smallest absolute Gasteiger partial charge is 0.0756 e. The third-order valence-electron chi connectivity index (χ3n) is 2.22. The first-order chi connectivity index (χ1) is 7.08. The molecule has 0 aromatic carbocycles. The van der Waals surface area contributed by atoms with Crippen molar-refractivity contribution in [3.05, 3.63) is 36.7 Å². The summed E-state index contributed by atoms with van der Waals surface area (Å²) in [5.41, 5.74) is 2.22. The van der Waals surface area contributed by atoms with Gasteiger partial charge in [0.25, 0.3) is 0 Å². The zero-order chi connectivity index (χ0) is 11.0. The number of thiophene rings is 1. The first-order valence-electron chi connectivity index (χ1n) is 4.50. The number of rotatable bonds is 2. The van der Waals surface area contributed by atoms with E-state index >= 15 is 0 Å². The summed E-state index contributed by atoms with van der Waals surface area (Å²) in [7, 11) is 0. The minimum Gasteiger partial charge on any atom is -0.263 e. The molecule has 0 N–H and O–H groups in total. The van der Waals surface area contributed by atoms with Crippen LogP contribution >= 0.6 is 43.2 Å². The Morgan fingerprint density at radius 3 is 2.60 bits per heavy atom. The average molecular weight is 350 g/mol. The van der Waals surface area contributed by atoms with Gasteiger partial charge in [-0.3, -0.25) is 4.68 Å². The third-order valence-corrected chi connectivity index (χ3v) is 5.05. The second-order valence-corrected chi connectivity index (χ2v) is 6.08. The first-order valence-corrected chi connectivity index (χ1v) is 6.97. The van der Waals surface area contributed by atoms with Crippen molar-refractivity contribution in [2.45, 2.75) is 20.4 Å². The van der Waals surface area contributed by atoms with Crippen molar-refractivity contribution in [2.24, 2.45) is 0 Å². The lowest BCUT2D eigenvalue weighted by Crippen LogP contribution is -2.02. The number of halogens is 2. The Hall–Kier alpha value is -0.130. The van der Waals surface area contributed by atoms with Crippen LogP contribution in [0.5, 0.6) is 0 Å². The molecule has 0 radical (unpaired) electrons. The number of aryl methyl sites for hydroxylation is 1. The Morgan fingerprint density at radius 2 is 2.13 bits per heavy atom. The molecule has 0 amide bonds. The molecule has 2 heterocycles. The van der Waals surface area contributed by atoms with Crippen LogP contribution in [0.4, 0.5) is 0 Å². The fraction of sp³-hybridized carbons (Fsp3) is 0.300. The molecule has 0 aliphatic carbocycles. The SMILES string of the molecule is Cc1nn(Cc2cc(Br)cs2)c(C)c1Br. The summed E-state index contributed by atoms with van der Waals surface area (Å²) in [6, 6.07) is 2.13. The molecule has 2 aromatic heterocycles. The lowest BCUT2D eigenvalue weighted by atomic mass is 10.4. The summed E-state index contributed by atoms with van der Waals surface area (Å²) < 4.78 is 4.28. The zero-order valence-corrected chi connectivity index (χ0v) is 12.4. The fourth-order valence-corrected chi connectivity index (χ4v) is 3.13. The summed E-state index contributed by atoms with van der Waals surface area (Å²) in [6.45, 7) is 4.93.